The number of carbonyl (C=O) groups is 4. The van der Waals surface area contributed by atoms with Crippen LogP contribution in [0.1, 0.15) is 46.2 Å². The second kappa shape index (κ2) is 18.2. The summed E-state index contributed by atoms with van der Waals surface area (Å²) in [5, 5.41) is 27.6. The first kappa shape index (κ1) is 37.9. The van der Waals surface area contributed by atoms with Gasteiger partial charge in [-0.1, -0.05) is 12.1 Å². The number of carbonyl (C=O) groups excluding carboxylic acids is 3. The molecule has 268 valence electrons. The van der Waals surface area contributed by atoms with Gasteiger partial charge in [-0.15, -0.1) is 9.05 Å². The first-order valence-electron chi connectivity index (χ1n) is 15.3. The van der Waals surface area contributed by atoms with Crippen LogP contribution >= 0.6 is 8.25 Å². The van der Waals surface area contributed by atoms with Gasteiger partial charge in [0.15, 0.2) is 11.2 Å². The Balaban J connectivity index is 1.26. The van der Waals surface area contributed by atoms with Gasteiger partial charge >= 0.3 is 20.2 Å². The van der Waals surface area contributed by atoms with Crippen LogP contribution in [0.4, 0.5) is 17.3 Å². The number of para-hydroxylation sites is 1. The van der Waals surface area contributed by atoms with Gasteiger partial charge in [0.1, 0.15) is 32.0 Å². The van der Waals surface area contributed by atoms with Gasteiger partial charge < -0.3 is 36.6 Å². The fourth-order valence-corrected chi connectivity index (χ4v) is 4.91. The number of nitrogen functional groups attached to an aromatic ring is 1. The van der Waals surface area contributed by atoms with E-state index in [1.807, 2.05) is 0 Å². The molecule has 0 fully saturated rings. The van der Waals surface area contributed by atoms with E-state index in [2.05, 4.69) is 35.9 Å². The van der Waals surface area contributed by atoms with E-state index >= 15 is 0 Å². The highest BCUT2D eigenvalue weighted by Crippen LogP contribution is 2.23. The number of fused-ring (bicyclic) bond motifs is 1. The molecule has 0 aliphatic carbocycles. The Morgan fingerprint density at radius 3 is 2.51 bits per heavy atom. The molecule has 3 atom stereocenters. The minimum absolute atomic E-state index is 0.0291. The molecule has 2 aromatic heterocycles. The SMILES string of the molecule is CCO[P+](=O)OCC(O)COC(=O)c1ccccc1NC(=O)CC[C@@H](NC(=O)c1ccc(NCc2cnc3nc(N)[nH]c(=O)c3n2)cc1)C(=O)O. The zero-order valence-electron chi connectivity index (χ0n) is 27.0. The lowest BCUT2D eigenvalue weighted by molar-refractivity contribution is -0.139. The van der Waals surface area contributed by atoms with Gasteiger partial charge in [-0.05, 0) is 49.7 Å². The number of nitrogens with two attached hydrogens (primary N) is 1. The number of aromatic nitrogens is 4. The normalized spacial score (nSPS) is 12.4. The standard InChI is InChI=1S/C31H33N8O11P/c1-2-49-51(47)50-16-20(40)15-48-30(46)21-5-3-4-6-22(21)36-24(41)12-11-23(29(44)45)37-27(42)17-7-9-18(10-8-17)33-13-19-14-34-26-25(35-19)28(43)39-31(32)38-26/h3-10,14,20,23,40H,2,11-13,15-16H2,1H3,(H6-,32,33,34,36,37,38,39,41,42,43,44,45,46)/p+1/t20?,23-/m1/s1. The molecule has 0 radical (unpaired) electrons. The number of ether oxygens (including phenoxy) is 1. The maximum Gasteiger partial charge on any atom is 0.697 e. The topological polar surface area (TPSA) is 287 Å². The number of H-pyrrole nitrogens is 1. The lowest BCUT2D eigenvalue weighted by Crippen LogP contribution is -2.41. The molecule has 2 amide bonds. The van der Waals surface area contributed by atoms with E-state index < -0.39 is 62.9 Å². The third-order valence-corrected chi connectivity index (χ3v) is 7.63. The van der Waals surface area contributed by atoms with Crippen molar-refractivity contribution in [2.75, 3.05) is 36.2 Å². The van der Waals surface area contributed by atoms with Crippen molar-refractivity contribution in [3.8, 4) is 0 Å². The molecule has 8 N–H and O–H groups in total. The fraction of sp³-hybridized carbons (Fsp3) is 0.290. The number of aliphatic hydroxyl groups excluding tert-OH is 1. The van der Waals surface area contributed by atoms with Crippen LogP contribution in [0.5, 0.6) is 0 Å². The zero-order valence-corrected chi connectivity index (χ0v) is 27.9. The van der Waals surface area contributed by atoms with Crippen LogP contribution in [0.3, 0.4) is 0 Å². The Bertz CT molecular complexity index is 1960. The van der Waals surface area contributed by atoms with Gasteiger partial charge in [-0.25, -0.2) is 19.6 Å². The first-order chi connectivity index (χ1) is 24.4. The summed E-state index contributed by atoms with van der Waals surface area (Å²) in [6.45, 7) is 1.05. The number of rotatable bonds is 18. The fourth-order valence-electron chi connectivity index (χ4n) is 4.33. The van der Waals surface area contributed by atoms with E-state index in [0.29, 0.717) is 11.4 Å². The average Bonchev–Trinajstić information content (AvgIpc) is 3.11. The van der Waals surface area contributed by atoms with Crippen molar-refractivity contribution in [3.05, 3.63) is 81.9 Å². The number of amides is 2. The summed E-state index contributed by atoms with van der Waals surface area (Å²) >= 11 is 0. The molecule has 2 heterocycles. The summed E-state index contributed by atoms with van der Waals surface area (Å²) in [6, 6.07) is 10.6. The quantitative estimate of drug-likeness (QED) is 0.0568. The highest BCUT2D eigenvalue weighted by molar-refractivity contribution is 7.33. The molecule has 2 aromatic carbocycles. The number of hydrogen-bond acceptors (Lipinski definition) is 15. The van der Waals surface area contributed by atoms with Crippen LogP contribution in [0, 0.1) is 0 Å². The van der Waals surface area contributed by atoms with E-state index in [1.54, 1.807) is 25.1 Å². The van der Waals surface area contributed by atoms with Gasteiger partial charge in [-0.3, -0.25) is 19.4 Å². The molecule has 19 nitrogen and oxygen atoms in total. The van der Waals surface area contributed by atoms with E-state index in [9.17, 15) is 38.8 Å². The molecule has 0 saturated carbocycles. The predicted molar refractivity (Wildman–Crippen MR) is 181 cm³/mol. The summed E-state index contributed by atoms with van der Waals surface area (Å²) in [5.41, 5.74) is 6.35. The molecule has 0 bridgehead atoms. The number of anilines is 3. The second-order valence-electron chi connectivity index (χ2n) is 10.6. The van der Waals surface area contributed by atoms with Crippen molar-refractivity contribution in [1.29, 1.82) is 0 Å². The third kappa shape index (κ3) is 11.3. The molecule has 20 heteroatoms. The Hall–Kier alpha value is -5.88. The van der Waals surface area contributed by atoms with Crippen LogP contribution < -0.4 is 27.2 Å². The molecule has 4 rings (SSSR count). The Morgan fingerprint density at radius 1 is 1.04 bits per heavy atom. The van der Waals surface area contributed by atoms with Gasteiger partial charge in [0.2, 0.25) is 11.9 Å². The van der Waals surface area contributed by atoms with Crippen LogP contribution in [0.25, 0.3) is 11.2 Å². The number of nitrogens with one attached hydrogen (secondary N) is 4. The smallest absolute Gasteiger partial charge is 0.480 e. The van der Waals surface area contributed by atoms with E-state index in [4.69, 9.17) is 19.5 Å². The number of carboxylic acids is 1. The number of carboxylic acid groups (broad SMARTS) is 1. The Labute approximate surface area is 289 Å². The molecule has 51 heavy (non-hydrogen) atoms. The van der Waals surface area contributed by atoms with Gasteiger partial charge in [0.25, 0.3) is 11.5 Å². The van der Waals surface area contributed by atoms with Crippen LogP contribution in [-0.4, -0.2) is 85.9 Å². The van der Waals surface area contributed by atoms with Gasteiger partial charge in [0, 0.05) is 22.2 Å². The van der Waals surface area contributed by atoms with Crippen molar-refractivity contribution in [1.82, 2.24) is 25.3 Å². The molecular weight excluding hydrogens is 691 g/mol. The molecular formula is C31H34N8O11P+. The second-order valence-corrected chi connectivity index (χ2v) is 11.6. The zero-order chi connectivity index (χ0) is 36.9. The maximum absolute atomic E-state index is 12.8. The van der Waals surface area contributed by atoms with Gasteiger partial charge in [0.05, 0.1) is 29.7 Å². The van der Waals surface area contributed by atoms with E-state index in [-0.39, 0.29) is 59.9 Å². The highest BCUT2D eigenvalue weighted by Gasteiger charge is 2.24. The van der Waals surface area contributed by atoms with E-state index in [1.165, 1.54) is 36.5 Å². The molecule has 0 saturated heterocycles. The van der Waals surface area contributed by atoms with Crippen molar-refractivity contribution < 1.29 is 47.7 Å². The average molecular weight is 726 g/mol. The summed E-state index contributed by atoms with van der Waals surface area (Å²) in [4.78, 5) is 76.8. The van der Waals surface area contributed by atoms with Crippen molar-refractivity contribution in [2.45, 2.75) is 38.5 Å². The largest absolute Gasteiger partial charge is 0.697 e. The Kier molecular flexibility index (Phi) is 13.5. The number of aromatic amines is 1. The Morgan fingerprint density at radius 2 is 1.78 bits per heavy atom. The van der Waals surface area contributed by atoms with Crippen LogP contribution in [0.15, 0.2) is 59.5 Å². The van der Waals surface area contributed by atoms with Gasteiger partial charge in [-0.2, -0.15) is 4.98 Å². The molecule has 0 spiro atoms. The van der Waals surface area contributed by atoms with Crippen molar-refractivity contribution in [2.24, 2.45) is 0 Å². The minimum atomic E-state index is -2.42. The molecule has 0 aliphatic heterocycles. The minimum Gasteiger partial charge on any atom is -0.480 e. The molecule has 2 unspecified atom stereocenters. The number of aliphatic carboxylic acids is 1. The van der Waals surface area contributed by atoms with Crippen molar-refractivity contribution >= 4 is 60.5 Å². The summed E-state index contributed by atoms with van der Waals surface area (Å²) in [5.74, 6) is -3.64. The number of benzene rings is 2. The lowest BCUT2D eigenvalue weighted by atomic mass is 10.1. The number of nitrogens with zero attached hydrogens (tertiary/aromatic N) is 3. The third-order valence-electron chi connectivity index (χ3n) is 6.81. The van der Waals surface area contributed by atoms with Crippen LogP contribution in [-0.2, 0) is 34.5 Å². The number of esters is 1. The molecule has 0 aliphatic rings. The highest BCUT2D eigenvalue weighted by atomic mass is 31.1. The van der Waals surface area contributed by atoms with Crippen molar-refractivity contribution in [3.63, 3.8) is 0 Å². The summed E-state index contributed by atoms with van der Waals surface area (Å²) in [7, 11) is -2.42. The predicted octanol–water partition coefficient (Wildman–Crippen LogP) is 1.74. The molecule has 4 aromatic rings. The summed E-state index contributed by atoms with van der Waals surface area (Å²) < 4.78 is 26.0. The number of aliphatic hydroxyl groups is 1. The lowest BCUT2D eigenvalue weighted by Gasteiger charge is -2.16. The monoisotopic (exact) mass is 725 g/mol. The first-order valence-corrected chi connectivity index (χ1v) is 16.4. The summed E-state index contributed by atoms with van der Waals surface area (Å²) in [6.07, 6.45) is -0.457. The maximum atomic E-state index is 12.8. The number of hydrogen-bond donors (Lipinski definition) is 7. The van der Waals surface area contributed by atoms with Crippen LogP contribution in [0.2, 0.25) is 0 Å². The van der Waals surface area contributed by atoms with E-state index in [0.717, 1.165) is 0 Å².